The van der Waals surface area contributed by atoms with Crippen LogP contribution in [0.25, 0.3) is 21.3 Å². The van der Waals surface area contributed by atoms with E-state index in [4.69, 9.17) is 4.98 Å². The standard InChI is InChI=1S/C25H29FN4O2S/c1-15-6-2-5-9-20(15)27-23(31)16-10-12-30(13-11-16)25-28-21-18(14-33-22(21)24(32)29-25)17-7-3-4-8-19(17)26/h3-4,7-8,14-16,20H,2,5-6,9-13H2,1H3,(H,27,31)(H,28,29,32)/t15-,20-/m1/s1. The summed E-state index contributed by atoms with van der Waals surface area (Å²) in [5.74, 6) is 0.840. The summed E-state index contributed by atoms with van der Waals surface area (Å²) in [6, 6.07) is 6.84. The SMILES string of the molecule is C[C@@H]1CCCC[C@H]1NC(=O)C1CCN(c2nc3c(-c4ccccc4F)csc3c(=O)[nH]2)CC1. The molecule has 0 radical (unpaired) electrons. The molecule has 0 bridgehead atoms. The summed E-state index contributed by atoms with van der Waals surface area (Å²) < 4.78 is 14.9. The summed E-state index contributed by atoms with van der Waals surface area (Å²) in [5, 5.41) is 5.08. The molecule has 1 saturated heterocycles. The molecule has 5 rings (SSSR count). The number of rotatable bonds is 4. The van der Waals surface area contributed by atoms with Crippen LogP contribution in [0.2, 0.25) is 0 Å². The fourth-order valence-electron chi connectivity index (χ4n) is 5.12. The number of carbonyl (C=O) groups is 1. The molecule has 0 unspecified atom stereocenters. The number of nitrogens with one attached hydrogen (secondary N) is 2. The van der Waals surface area contributed by atoms with E-state index in [1.165, 1.54) is 36.7 Å². The van der Waals surface area contributed by atoms with Gasteiger partial charge in [0.05, 0.1) is 5.52 Å². The van der Waals surface area contributed by atoms with E-state index in [9.17, 15) is 14.0 Å². The number of benzene rings is 1. The predicted molar refractivity (Wildman–Crippen MR) is 130 cm³/mol. The Hall–Kier alpha value is -2.74. The number of nitrogens with zero attached hydrogens (tertiary/aromatic N) is 2. The van der Waals surface area contributed by atoms with Crippen molar-refractivity contribution < 1.29 is 9.18 Å². The predicted octanol–water partition coefficient (Wildman–Crippen LogP) is 4.70. The van der Waals surface area contributed by atoms with E-state index in [1.807, 2.05) is 4.90 Å². The fourth-order valence-corrected chi connectivity index (χ4v) is 6.02. The summed E-state index contributed by atoms with van der Waals surface area (Å²) >= 11 is 1.28. The minimum Gasteiger partial charge on any atom is -0.353 e. The van der Waals surface area contributed by atoms with Crippen LogP contribution in [-0.4, -0.2) is 35.0 Å². The summed E-state index contributed by atoms with van der Waals surface area (Å²) in [5.41, 5.74) is 1.39. The van der Waals surface area contributed by atoms with Crippen molar-refractivity contribution in [2.45, 2.75) is 51.5 Å². The van der Waals surface area contributed by atoms with Crippen LogP contribution in [0.1, 0.15) is 45.4 Å². The van der Waals surface area contributed by atoms with Gasteiger partial charge < -0.3 is 10.2 Å². The zero-order valence-electron chi connectivity index (χ0n) is 18.8. The van der Waals surface area contributed by atoms with E-state index in [0.717, 1.165) is 19.3 Å². The van der Waals surface area contributed by atoms with Crippen molar-refractivity contribution in [3.63, 3.8) is 0 Å². The Morgan fingerprint density at radius 2 is 1.91 bits per heavy atom. The summed E-state index contributed by atoms with van der Waals surface area (Å²) in [7, 11) is 0. The van der Waals surface area contributed by atoms with Crippen LogP contribution < -0.4 is 15.8 Å². The molecule has 3 aromatic rings. The van der Waals surface area contributed by atoms with Gasteiger partial charge in [-0.05, 0) is 37.7 Å². The van der Waals surface area contributed by atoms with Gasteiger partial charge in [0.1, 0.15) is 10.5 Å². The molecule has 2 N–H and O–H groups in total. The number of fused-ring (bicyclic) bond motifs is 1. The first kappa shape index (κ1) is 22.1. The van der Waals surface area contributed by atoms with Crippen LogP contribution in [0.3, 0.4) is 0 Å². The van der Waals surface area contributed by atoms with Gasteiger partial charge in [-0.1, -0.05) is 38.0 Å². The third-order valence-electron chi connectivity index (χ3n) is 7.18. The summed E-state index contributed by atoms with van der Waals surface area (Å²) in [4.78, 5) is 35.2. The number of hydrogen-bond donors (Lipinski definition) is 2. The second-order valence-electron chi connectivity index (χ2n) is 9.33. The van der Waals surface area contributed by atoms with Crippen LogP contribution in [0.4, 0.5) is 10.3 Å². The number of thiophene rings is 1. The highest BCUT2D eigenvalue weighted by atomic mass is 32.1. The van der Waals surface area contributed by atoms with Gasteiger partial charge in [0.2, 0.25) is 11.9 Å². The Morgan fingerprint density at radius 3 is 2.67 bits per heavy atom. The molecule has 1 saturated carbocycles. The number of anilines is 1. The minimum absolute atomic E-state index is 0.0130. The number of piperidine rings is 1. The first-order chi connectivity index (χ1) is 16.0. The number of aromatic nitrogens is 2. The topological polar surface area (TPSA) is 78.1 Å². The van der Waals surface area contributed by atoms with Crippen molar-refractivity contribution in [2.75, 3.05) is 18.0 Å². The lowest BCUT2D eigenvalue weighted by atomic mass is 9.85. The third-order valence-corrected chi connectivity index (χ3v) is 8.15. The third kappa shape index (κ3) is 4.40. The van der Waals surface area contributed by atoms with Crippen LogP contribution in [0.5, 0.6) is 0 Å². The van der Waals surface area contributed by atoms with Crippen molar-refractivity contribution in [2.24, 2.45) is 11.8 Å². The van der Waals surface area contributed by atoms with E-state index >= 15 is 0 Å². The van der Waals surface area contributed by atoms with Crippen molar-refractivity contribution >= 4 is 33.4 Å². The lowest BCUT2D eigenvalue weighted by molar-refractivity contribution is -0.126. The zero-order valence-corrected chi connectivity index (χ0v) is 19.6. The number of hydrogen-bond acceptors (Lipinski definition) is 5. The molecule has 2 fully saturated rings. The van der Waals surface area contributed by atoms with E-state index in [-0.39, 0.29) is 23.2 Å². The van der Waals surface area contributed by atoms with Gasteiger partial charge in [-0.2, -0.15) is 0 Å². The smallest absolute Gasteiger partial charge is 0.270 e. The highest BCUT2D eigenvalue weighted by Gasteiger charge is 2.30. The van der Waals surface area contributed by atoms with E-state index in [1.54, 1.807) is 23.6 Å². The van der Waals surface area contributed by atoms with Crippen LogP contribution in [0.15, 0.2) is 34.4 Å². The average molecular weight is 469 g/mol. The lowest BCUT2D eigenvalue weighted by Gasteiger charge is -2.34. The zero-order chi connectivity index (χ0) is 22.9. The maximum Gasteiger partial charge on any atom is 0.270 e. The molecule has 0 spiro atoms. The molecule has 6 nitrogen and oxygen atoms in total. The molecule has 174 valence electrons. The van der Waals surface area contributed by atoms with Crippen molar-refractivity contribution in [3.8, 4) is 11.1 Å². The second-order valence-corrected chi connectivity index (χ2v) is 10.2. The van der Waals surface area contributed by atoms with Gasteiger partial charge in [-0.3, -0.25) is 14.6 Å². The lowest BCUT2D eigenvalue weighted by Crippen LogP contribution is -2.47. The van der Waals surface area contributed by atoms with Gasteiger partial charge in [0.25, 0.3) is 5.56 Å². The Kier molecular flexibility index (Phi) is 6.19. The quantitative estimate of drug-likeness (QED) is 0.582. The van der Waals surface area contributed by atoms with E-state index in [2.05, 4.69) is 17.2 Å². The number of aromatic amines is 1. The largest absolute Gasteiger partial charge is 0.353 e. The molecule has 3 heterocycles. The van der Waals surface area contributed by atoms with Crippen LogP contribution >= 0.6 is 11.3 Å². The number of amides is 1. The second kappa shape index (κ2) is 9.25. The van der Waals surface area contributed by atoms with Crippen LogP contribution in [-0.2, 0) is 4.79 Å². The normalized spacial score (nSPS) is 21.9. The number of H-pyrrole nitrogens is 1. The molecule has 2 aliphatic rings. The summed E-state index contributed by atoms with van der Waals surface area (Å²) in [6.07, 6.45) is 6.14. The summed E-state index contributed by atoms with van der Waals surface area (Å²) in [6.45, 7) is 3.52. The highest BCUT2D eigenvalue weighted by molar-refractivity contribution is 7.17. The first-order valence-electron chi connectivity index (χ1n) is 11.8. The highest BCUT2D eigenvalue weighted by Crippen LogP contribution is 2.33. The van der Waals surface area contributed by atoms with Gasteiger partial charge >= 0.3 is 0 Å². The van der Waals surface area contributed by atoms with E-state index in [0.29, 0.717) is 52.3 Å². The van der Waals surface area contributed by atoms with Gasteiger partial charge in [0.15, 0.2) is 0 Å². The van der Waals surface area contributed by atoms with Crippen molar-refractivity contribution in [3.05, 3.63) is 45.8 Å². The Labute approximate surface area is 196 Å². The van der Waals surface area contributed by atoms with Crippen LogP contribution in [0, 0.1) is 17.7 Å². The molecule has 1 aliphatic carbocycles. The van der Waals surface area contributed by atoms with Gasteiger partial charge in [-0.25, -0.2) is 9.37 Å². The monoisotopic (exact) mass is 468 g/mol. The van der Waals surface area contributed by atoms with Crippen molar-refractivity contribution in [1.82, 2.24) is 15.3 Å². The fraction of sp³-hybridized carbons (Fsp3) is 0.480. The Morgan fingerprint density at radius 1 is 1.15 bits per heavy atom. The molecule has 1 aromatic carbocycles. The molecular weight excluding hydrogens is 439 g/mol. The van der Waals surface area contributed by atoms with Crippen molar-refractivity contribution in [1.29, 1.82) is 0 Å². The molecule has 1 amide bonds. The number of carbonyl (C=O) groups excluding carboxylic acids is 1. The molecule has 8 heteroatoms. The Balaban J connectivity index is 1.31. The van der Waals surface area contributed by atoms with Gasteiger partial charge in [-0.15, -0.1) is 11.3 Å². The van der Waals surface area contributed by atoms with E-state index < -0.39 is 0 Å². The number of halogens is 1. The minimum atomic E-state index is -0.333. The Bertz CT molecular complexity index is 1210. The maximum absolute atomic E-state index is 14.4. The van der Waals surface area contributed by atoms with Gasteiger partial charge in [0, 0.05) is 41.6 Å². The molecular formula is C25H29FN4O2S. The molecule has 2 aromatic heterocycles. The molecule has 2 atom stereocenters. The first-order valence-corrected chi connectivity index (χ1v) is 12.7. The maximum atomic E-state index is 14.4. The molecule has 1 aliphatic heterocycles. The molecule has 33 heavy (non-hydrogen) atoms. The average Bonchev–Trinajstić information content (AvgIpc) is 3.25.